The summed E-state index contributed by atoms with van der Waals surface area (Å²) in [6.45, 7) is 5.41. The zero-order chi connectivity index (χ0) is 14.7. The second-order valence-electron chi connectivity index (χ2n) is 6.18. The topological polar surface area (TPSA) is 34.0 Å². The van der Waals surface area contributed by atoms with E-state index in [1.165, 1.54) is 43.7 Å². The molecule has 0 aliphatic carbocycles. The van der Waals surface area contributed by atoms with Gasteiger partial charge in [-0.3, -0.25) is 9.88 Å². The molecule has 4 nitrogen and oxygen atoms in total. The average molecular weight is 284 g/mol. The maximum absolute atomic E-state index is 4.42. The normalized spacial score (nSPS) is 17.2. The Morgan fingerprint density at radius 3 is 2.67 bits per heavy atom. The number of rotatable bonds is 4. The van der Waals surface area contributed by atoms with E-state index in [9.17, 15) is 0 Å². The summed E-state index contributed by atoms with van der Waals surface area (Å²) >= 11 is 0. The summed E-state index contributed by atoms with van der Waals surface area (Å²) in [5.41, 5.74) is 2.56. The fraction of sp³-hybridized carbons (Fsp3) is 0.529. The first-order chi connectivity index (χ1) is 10.2. The van der Waals surface area contributed by atoms with Gasteiger partial charge in [0.2, 0.25) is 0 Å². The number of hydrogen-bond donors (Lipinski definition) is 0. The summed E-state index contributed by atoms with van der Waals surface area (Å²) in [5.74, 6) is 1.97. The van der Waals surface area contributed by atoms with Crippen LogP contribution in [0.25, 0.3) is 0 Å². The lowest BCUT2D eigenvalue weighted by Crippen LogP contribution is -2.34. The van der Waals surface area contributed by atoms with Gasteiger partial charge in [0.1, 0.15) is 5.82 Å². The minimum absolute atomic E-state index is 0.810. The molecule has 0 amide bonds. The van der Waals surface area contributed by atoms with Crippen LogP contribution in [0.3, 0.4) is 0 Å². The van der Waals surface area contributed by atoms with Crippen LogP contribution in [0.15, 0.2) is 30.7 Å². The van der Waals surface area contributed by atoms with Gasteiger partial charge in [-0.25, -0.2) is 4.98 Å². The molecule has 0 unspecified atom stereocenters. The largest absolute Gasteiger partial charge is 0.337 e. The van der Waals surface area contributed by atoms with Crippen molar-refractivity contribution in [1.29, 1.82) is 0 Å². The molecule has 3 rings (SSSR count). The molecular formula is C17H24N4. The zero-order valence-corrected chi connectivity index (χ0v) is 13.0. The molecular weight excluding hydrogens is 260 g/mol. The predicted molar refractivity (Wildman–Crippen MR) is 83.9 cm³/mol. The van der Waals surface area contributed by atoms with Crippen LogP contribution in [-0.4, -0.2) is 32.5 Å². The lowest BCUT2D eigenvalue weighted by Gasteiger charge is -2.31. The van der Waals surface area contributed by atoms with Crippen molar-refractivity contribution in [2.75, 3.05) is 13.1 Å². The van der Waals surface area contributed by atoms with Crippen LogP contribution < -0.4 is 0 Å². The summed E-state index contributed by atoms with van der Waals surface area (Å²) < 4.78 is 2.12. The summed E-state index contributed by atoms with van der Waals surface area (Å²) in [4.78, 5) is 11.2. The van der Waals surface area contributed by atoms with Crippen LogP contribution in [0, 0.1) is 12.8 Å². The van der Waals surface area contributed by atoms with Crippen molar-refractivity contribution in [3.8, 4) is 0 Å². The second-order valence-corrected chi connectivity index (χ2v) is 6.18. The van der Waals surface area contributed by atoms with Crippen LogP contribution in [-0.2, 0) is 20.0 Å². The van der Waals surface area contributed by atoms with Gasteiger partial charge in [-0.15, -0.1) is 0 Å². The van der Waals surface area contributed by atoms with Crippen molar-refractivity contribution < 1.29 is 0 Å². The molecule has 1 saturated heterocycles. The van der Waals surface area contributed by atoms with E-state index in [1.54, 1.807) is 0 Å². The number of pyridine rings is 1. The number of aryl methyl sites for hydroxylation is 2. The minimum Gasteiger partial charge on any atom is -0.337 e. The lowest BCUT2D eigenvalue weighted by molar-refractivity contribution is 0.172. The molecule has 2 aromatic rings. The van der Waals surface area contributed by atoms with Gasteiger partial charge < -0.3 is 4.57 Å². The number of aromatic nitrogens is 3. The minimum atomic E-state index is 0.810. The van der Waals surface area contributed by atoms with E-state index >= 15 is 0 Å². The quantitative estimate of drug-likeness (QED) is 0.865. The summed E-state index contributed by atoms with van der Waals surface area (Å²) in [7, 11) is 2.07. The predicted octanol–water partition coefficient (Wildman–Crippen LogP) is 2.58. The number of hydrogen-bond acceptors (Lipinski definition) is 3. The van der Waals surface area contributed by atoms with Gasteiger partial charge in [0, 0.05) is 31.3 Å². The third kappa shape index (κ3) is 3.70. The van der Waals surface area contributed by atoms with Gasteiger partial charge in [-0.1, -0.05) is 0 Å². The molecule has 0 bridgehead atoms. The molecule has 112 valence electrons. The van der Waals surface area contributed by atoms with Crippen LogP contribution >= 0.6 is 0 Å². The van der Waals surface area contributed by atoms with Gasteiger partial charge in [-0.05, 0) is 62.9 Å². The highest BCUT2D eigenvalue weighted by atomic mass is 15.2. The first kappa shape index (κ1) is 14.3. The Morgan fingerprint density at radius 2 is 2.00 bits per heavy atom. The van der Waals surface area contributed by atoms with E-state index in [0.717, 1.165) is 18.2 Å². The highest BCUT2D eigenvalue weighted by molar-refractivity contribution is 5.16. The van der Waals surface area contributed by atoms with E-state index in [0.29, 0.717) is 0 Å². The molecule has 0 saturated carbocycles. The Kier molecular flexibility index (Phi) is 4.34. The van der Waals surface area contributed by atoms with Crippen molar-refractivity contribution in [2.45, 2.75) is 32.7 Å². The Balaban J connectivity index is 1.50. The fourth-order valence-electron chi connectivity index (χ4n) is 3.16. The molecule has 0 atom stereocenters. The van der Waals surface area contributed by atoms with Crippen LogP contribution in [0.2, 0.25) is 0 Å². The number of likely N-dealkylation sites (tertiary alicyclic amines) is 1. The molecule has 2 aromatic heterocycles. The molecule has 1 fully saturated rings. The molecule has 1 aliphatic rings. The lowest BCUT2D eigenvalue weighted by atomic mass is 9.90. The molecule has 3 heterocycles. The third-order valence-electron chi connectivity index (χ3n) is 4.48. The molecule has 0 spiro atoms. The van der Waals surface area contributed by atoms with Crippen LogP contribution in [0.5, 0.6) is 0 Å². The molecule has 0 N–H and O–H groups in total. The van der Waals surface area contributed by atoms with Gasteiger partial charge in [-0.2, -0.15) is 0 Å². The average Bonchev–Trinajstić information content (AvgIpc) is 2.87. The molecule has 4 heteroatoms. The SMILES string of the molecule is Cc1cc(CC2CCN(Cc3nccn3C)CC2)ccn1. The second kappa shape index (κ2) is 6.39. The first-order valence-electron chi connectivity index (χ1n) is 7.81. The Hall–Kier alpha value is -1.68. The van der Waals surface area contributed by atoms with Crippen molar-refractivity contribution in [1.82, 2.24) is 19.4 Å². The van der Waals surface area contributed by atoms with Crippen molar-refractivity contribution >= 4 is 0 Å². The smallest absolute Gasteiger partial charge is 0.122 e. The van der Waals surface area contributed by atoms with Gasteiger partial charge in [0.15, 0.2) is 0 Å². The number of imidazole rings is 1. The Morgan fingerprint density at radius 1 is 1.19 bits per heavy atom. The zero-order valence-electron chi connectivity index (χ0n) is 13.0. The Labute approximate surface area is 126 Å². The highest BCUT2D eigenvalue weighted by Crippen LogP contribution is 2.22. The molecule has 0 radical (unpaired) electrons. The Bertz CT molecular complexity index is 582. The standard InChI is InChI=1S/C17H24N4/c1-14-11-16(3-6-18-14)12-15-4-8-21(9-5-15)13-17-19-7-10-20(17)2/h3,6-7,10-11,15H,4-5,8-9,12-13H2,1-2H3. The van der Waals surface area contributed by atoms with E-state index in [4.69, 9.17) is 0 Å². The fourth-order valence-corrected chi connectivity index (χ4v) is 3.16. The van der Waals surface area contributed by atoms with Gasteiger partial charge in [0.05, 0.1) is 6.54 Å². The van der Waals surface area contributed by atoms with E-state index in [2.05, 4.69) is 45.5 Å². The summed E-state index contributed by atoms with van der Waals surface area (Å²) in [5, 5.41) is 0. The third-order valence-corrected chi connectivity index (χ3v) is 4.48. The van der Waals surface area contributed by atoms with Crippen molar-refractivity contribution in [2.24, 2.45) is 13.0 Å². The van der Waals surface area contributed by atoms with Crippen molar-refractivity contribution in [3.63, 3.8) is 0 Å². The van der Waals surface area contributed by atoms with E-state index in [-0.39, 0.29) is 0 Å². The van der Waals surface area contributed by atoms with Gasteiger partial charge >= 0.3 is 0 Å². The van der Waals surface area contributed by atoms with Gasteiger partial charge in [0.25, 0.3) is 0 Å². The first-order valence-corrected chi connectivity index (χ1v) is 7.81. The maximum Gasteiger partial charge on any atom is 0.122 e. The maximum atomic E-state index is 4.42. The molecule has 0 aromatic carbocycles. The summed E-state index contributed by atoms with van der Waals surface area (Å²) in [6.07, 6.45) is 9.60. The molecule has 1 aliphatic heterocycles. The number of piperidine rings is 1. The van der Waals surface area contributed by atoms with Crippen LogP contribution in [0.1, 0.15) is 29.9 Å². The highest BCUT2D eigenvalue weighted by Gasteiger charge is 2.20. The van der Waals surface area contributed by atoms with Crippen LogP contribution in [0.4, 0.5) is 0 Å². The van der Waals surface area contributed by atoms with E-state index in [1.807, 2.05) is 18.6 Å². The summed E-state index contributed by atoms with van der Waals surface area (Å²) in [6, 6.07) is 4.38. The monoisotopic (exact) mass is 284 g/mol. The molecule has 21 heavy (non-hydrogen) atoms. The van der Waals surface area contributed by atoms with E-state index < -0.39 is 0 Å². The number of nitrogens with zero attached hydrogens (tertiary/aromatic N) is 4. The van der Waals surface area contributed by atoms with Crippen molar-refractivity contribution in [3.05, 3.63) is 47.8 Å².